The summed E-state index contributed by atoms with van der Waals surface area (Å²) >= 11 is 5.96. The topological polar surface area (TPSA) is 24.9 Å². The second kappa shape index (κ2) is 5.97. The summed E-state index contributed by atoms with van der Waals surface area (Å²) in [4.78, 5) is 4.04. The Morgan fingerprint density at radius 2 is 1.95 bits per heavy atom. The highest BCUT2D eigenvalue weighted by Gasteiger charge is 2.12. The Kier molecular flexibility index (Phi) is 4.32. The predicted molar refractivity (Wildman–Crippen MR) is 72.3 cm³/mol. The summed E-state index contributed by atoms with van der Waals surface area (Å²) < 4.78 is 25.8. The molecule has 1 aromatic heterocycles. The van der Waals surface area contributed by atoms with Crippen molar-refractivity contribution in [2.24, 2.45) is 0 Å². The van der Waals surface area contributed by atoms with Gasteiger partial charge in [0.25, 0.3) is 0 Å². The maximum absolute atomic E-state index is 13.0. The zero-order valence-electron chi connectivity index (χ0n) is 10.3. The first-order valence-corrected chi connectivity index (χ1v) is 6.31. The van der Waals surface area contributed by atoms with E-state index in [0.29, 0.717) is 16.4 Å². The molecular weight excluding hydrogens is 270 g/mol. The number of pyridine rings is 1. The van der Waals surface area contributed by atoms with E-state index in [-0.39, 0.29) is 17.7 Å². The van der Waals surface area contributed by atoms with E-state index < -0.39 is 0 Å². The monoisotopic (exact) mass is 282 g/mol. The molecule has 2 nitrogen and oxygen atoms in total. The number of nitrogens with one attached hydrogen (secondary N) is 1. The van der Waals surface area contributed by atoms with Crippen LogP contribution < -0.4 is 5.32 Å². The van der Waals surface area contributed by atoms with Crippen molar-refractivity contribution in [1.82, 2.24) is 4.98 Å². The molecule has 1 unspecified atom stereocenters. The van der Waals surface area contributed by atoms with E-state index >= 15 is 0 Å². The van der Waals surface area contributed by atoms with Gasteiger partial charge < -0.3 is 5.32 Å². The van der Waals surface area contributed by atoms with Crippen molar-refractivity contribution in [3.8, 4) is 0 Å². The molecule has 19 heavy (non-hydrogen) atoms. The van der Waals surface area contributed by atoms with Crippen LogP contribution in [0.5, 0.6) is 0 Å². The summed E-state index contributed by atoms with van der Waals surface area (Å²) in [5, 5.41) is 3.48. The molecule has 1 atom stereocenters. The lowest BCUT2D eigenvalue weighted by atomic mass is 10.1. The van der Waals surface area contributed by atoms with Crippen LogP contribution in [0.15, 0.2) is 36.5 Å². The van der Waals surface area contributed by atoms with E-state index in [1.807, 2.05) is 6.92 Å². The fourth-order valence-corrected chi connectivity index (χ4v) is 1.99. The van der Waals surface area contributed by atoms with Crippen LogP contribution in [0.1, 0.15) is 25.1 Å². The summed E-state index contributed by atoms with van der Waals surface area (Å²) in [6.07, 6.45) is 1.91. The Morgan fingerprint density at radius 1 is 1.21 bits per heavy atom. The van der Waals surface area contributed by atoms with Crippen molar-refractivity contribution in [2.75, 3.05) is 5.32 Å². The van der Waals surface area contributed by atoms with Gasteiger partial charge in [0.2, 0.25) is 0 Å². The van der Waals surface area contributed by atoms with Gasteiger partial charge in [-0.25, -0.2) is 8.78 Å². The molecule has 0 spiro atoms. The van der Waals surface area contributed by atoms with Gasteiger partial charge in [-0.3, -0.25) is 4.98 Å². The van der Waals surface area contributed by atoms with E-state index in [9.17, 15) is 8.78 Å². The van der Waals surface area contributed by atoms with Crippen molar-refractivity contribution < 1.29 is 8.78 Å². The molecule has 0 radical (unpaired) electrons. The summed E-state index contributed by atoms with van der Waals surface area (Å²) in [7, 11) is 0. The lowest BCUT2D eigenvalue weighted by Gasteiger charge is -2.18. The minimum atomic E-state index is -0.386. The van der Waals surface area contributed by atoms with Crippen molar-refractivity contribution in [1.29, 1.82) is 0 Å². The molecule has 0 saturated carbocycles. The van der Waals surface area contributed by atoms with Crippen LogP contribution in [-0.2, 0) is 0 Å². The van der Waals surface area contributed by atoms with Crippen LogP contribution >= 0.6 is 11.6 Å². The third kappa shape index (κ3) is 3.41. The molecule has 0 bridgehead atoms. The summed E-state index contributed by atoms with van der Waals surface area (Å²) in [6.45, 7) is 1.97. The van der Waals surface area contributed by atoms with Gasteiger partial charge in [0.15, 0.2) is 0 Å². The van der Waals surface area contributed by atoms with Crippen LogP contribution in [0.4, 0.5) is 14.5 Å². The second-order valence-corrected chi connectivity index (χ2v) is 4.54. The normalized spacial score (nSPS) is 12.2. The Hall–Kier alpha value is -1.68. The smallest absolute Gasteiger partial charge is 0.141 e. The fraction of sp³-hybridized carbons (Fsp3) is 0.214. The highest BCUT2D eigenvalue weighted by molar-refractivity contribution is 6.33. The van der Waals surface area contributed by atoms with E-state index in [0.717, 1.165) is 6.42 Å². The Labute approximate surface area is 115 Å². The van der Waals surface area contributed by atoms with Gasteiger partial charge in [0, 0.05) is 0 Å². The Morgan fingerprint density at radius 3 is 2.53 bits per heavy atom. The number of hydrogen-bond acceptors (Lipinski definition) is 2. The molecule has 1 aromatic carbocycles. The fourth-order valence-electron chi connectivity index (χ4n) is 1.77. The molecule has 100 valence electrons. The van der Waals surface area contributed by atoms with Crippen LogP contribution in [0.3, 0.4) is 0 Å². The molecule has 0 amide bonds. The Balaban J connectivity index is 2.21. The number of rotatable bonds is 4. The molecule has 0 aliphatic heterocycles. The molecule has 5 heteroatoms. The first-order chi connectivity index (χ1) is 9.10. The predicted octanol–water partition coefficient (Wildman–Crippen LogP) is 4.58. The molecule has 0 fully saturated rings. The maximum Gasteiger partial charge on any atom is 0.141 e. The molecule has 2 rings (SSSR count). The molecule has 0 aliphatic carbocycles. The lowest BCUT2D eigenvalue weighted by Crippen LogP contribution is -2.11. The van der Waals surface area contributed by atoms with Crippen molar-refractivity contribution in [3.05, 3.63) is 58.9 Å². The number of hydrogen-bond donors (Lipinski definition) is 1. The van der Waals surface area contributed by atoms with Crippen molar-refractivity contribution in [3.63, 3.8) is 0 Å². The largest absolute Gasteiger partial charge is 0.375 e. The SMILES string of the molecule is CCC(Nc1ccc(F)cc1Cl)c1ccc(F)cn1. The average molecular weight is 283 g/mol. The van der Waals surface area contributed by atoms with Gasteiger partial charge in [-0.05, 0) is 36.8 Å². The lowest BCUT2D eigenvalue weighted by molar-refractivity contribution is 0.614. The highest BCUT2D eigenvalue weighted by Crippen LogP contribution is 2.27. The summed E-state index contributed by atoms with van der Waals surface area (Å²) in [5.41, 5.74) is 1.34. The van der Waals surface area contributed by atoms with Crippen LogP contribution in [0.25, 0.3) is 0 Å². The van der Waals surface area contributed by atoms with Gasteiger partial charge in [0.05, 0.1) is 28.6 Å². The van der Waals surface area contributed by atoms with Crippen LogP contribution in [0, 0.1) is 11.6 Å². The van der Waals surface area contributed by atoms with Gasteiger partial charge in [-0.1, -0.05) is 18.5 Å². The zero-order valence-corrected chi connectivity index (χ0v) is 11.1. The van der Waals surface area contributed by atoms with Crippen molar-refractivity contribution >= 4 is 17.3 Å². The number of aromatic nitrogens is 1. The van der Waals surface area contributed by atoms with Gasteiger partial charge in [-0.15, -0.1) is 0 Å². The average Bonchev–Trinajstić information content (AvgIpc) is 2.39. The second-order valence-electron chi connectivity index (χ2n) is 4.13. The first-order valence-electron chi connectivity index (χ1n) is 5.93. The molecule has 2 aromatic rings. The van der Waals surface area contributed by atoms with Gasteiger partial charge >= 0.3 is 0 Å². The summed E-state index contributed by atoms with van der Waals surface area (Å²) in [6, 6.07) is 7.02. The van der Waals surface area contributed by atoms with Crippen molar-refractivity contribution in [2.45, 2.75) is 19.4 Å². The standard InChI is InChI=1S/C14H13ClF2N2/c1-2-12(14-6-4-10(17)8-18-14)19-13-5-3-9(16)7-11(13)15/h3-8,12,19H,2H2,1H3. The number of anilines is 1. The minimum absolute atomic E-state index is 0.108. The summed E-state index contributed by atoms with van der Waals surface area (Å²) in [5.74, 6) is -0.762. The van der Waals surface area contributed by atoms with Crippen LogP contribution in [-0.4, -0.2) is 4.98 Å². The molecular formula is C14H13ClF2N2. The van der Waals surface area contributed by atoms with E-state index in [4.69, 9.17) is 11.6 Å². The van der Waals surface area contributed by atoms with E-state index in [1.165, 1.54) is 24.4 Å². The third-order valence-corrected chi connectivity index (χ3v) is 3.09. The highest BCUT2D eigenvalue weighted by atomic mass is 35.5. The third-order valence-electron chi connectivity index (χ3n) is 2.78. The van der Waals surface area contributed by atoms with E-state index in [1.54, 1.807) is 12.1 Å². The number of halogens is 3. The zero-order chi connectivity index (χ0) is 13.8. The quantitative estimate of drug-likeness (QED) is 0.888. The molecule has 0 aliphatic rings. The van der Waals surface area contributed by atoms with Gasteiger partial charge in [0.1, 0.15) is 11.6 Å². The maximum atomic E-state index is 13.0. The van der Waals surface area contributed by atoms with Gasteiger partial charge in [-0.2, -0.15) is 0 Å². The minimum Gasteiger partial charge on any atom is -0.375 e. The Bertz CT molecular complexity index is 558. The number of nitrogens with zero attached hydrogens (tertiary/aromatic N) is 1. The number of benzene rings is 1. The molecule has 0 saturated heterocycles. The van der Waals surface area contributed by atoms with E-state index in [2.05, 4.69) is 10.3 Å². The molecule has 1 heterocycles. The first kappa shape index (κ1) is 13.7. The molecule has 1 N–H and O–H groups in total. The van der Waals surface area contributed by atoms with Crippen LogP contribution in [0.2, 0.25) is 5.02 Å².